The number of benzene rings is 1. The molecule has 1 atom stereocenters. The summed E-state index contributed by atoms with van der Waals surface area (Å²) in [5.41, 5.74) is 0.741. The highest BCUT2D eigenvalue weighted by Gasteiger charge is 2.32. The highest BCUT2D eigenvalue weighted by atomic mass is 16.6. The van der Waals surface area contributed by atoms with Crippen LogP contribution in [0.15, 0.2) is 30.3 Å². The van der Waals surface area contributed by atoms with Gasteiger partial charge in [-0.2, -0.15) is 0 Å². The molecule has 0 heterocycles. The molecule has 2 rings (SSSR count). The molecule has 128 valence electrons. The summed E-state index contributed by atoms with van der Waals surface area (Å²) in [5, 5.41) is 15.9. The molecule has 1 aromatic rings. The first kappa shape index (κ1) is 17.8. The van der Waals surface area contributed by atoms with Crippen LogP contribution < -0.4 is 10.6 Å². The van der Waals surface area contributed by atoms with Gasteiger partial charge in [-0.05, 0) is 45.6 Å². The van der Waals surface area contributed by atoms with Crippen molar-refractivity contribution in [1.82, 2.24) is 10.6 Å². The number of ether oxygens (including phenoxy) is 1. The zero-order chi connectivity index (χ0) is 16.9. The van der Waals surface area contributed by atoms with Crippen LogP contribution in [0.1, 0.15) is 39.2 Å². The van der Waals surface area contributed by atoms with Crippen LogP contribution in [-0.2, 0) is 11.2 Å². The summed E-state index contributed by atoms with van der Waals surface area (Å²) >= 11 is 0. The van der Waals surface area contributed by atoms with Gasteiger partial charge in [0.2, 0.25) is 0 Å². The van der Waals surface area contributed by atoms with Gasteiger partial charge in [-0.15, -0.1) is 0 Å². The Morgan fingerprint density at radius 1 is 1.26 bits per heavy atom. The molecule has 0 saturated heterocycles. The van der Waals surface area contributed by atoms with E-state index >= 15 is 0 Å². The third-order valence-corrected chi connectivity index (χ3v) is 3.88. The monoisotopic (exact) mass is 320 g/mol. The normalized spacial score (nSPS) is 22.1. The predicted octanol–water partition coefficient (Wildman–Crippen LogP) is 2.24. The summed E-state index contributed by atoms with van der Waals surface area (Å²) in [5.74, 6) is 0. The van der Waals surface area contributed by atoms with E-state index < -0.39 is 5.60 Å². The van der Waals surface area contributed by atoms with Crippen LogP contribution in [0.3, 0.4) is 0 Å². The Balaban J connectivity index is 1.69. The molecule has 1 saturated carbocycles. The lowest BCUT2D eigenvalue weighted by Gasteiger charge is -2.38. The highest BCUT2D eigenvalue weighted by Crippen LogP contribution is 2.21. The van der Waals surface area contributed by atoms with Gasteiger partial charge in [0.1, 0.15) is 5.60 Å². The lowest BCUT2D eigenvalue weighted by Crippen LogP contribution is -2.56. The molecule has 5 nitrogen and oxygen atoms in total. The fourth-order valence-electron chi connectivity index (χ4n) is 2.75. The van der Waals surface area contributed by atoms with E-state index in [0.29, 0.717) is 6.04 Å². The number of nitrogens with one attached hydrogen (secondary N) is 2. The van der Waals surface area contributed by atoms with E-state index in [0.717, 1.165) is 19.3 Å². The van der Waals surface area contributed by atoms with Crippen LogP contribution in [0.5, 0.6) is 0 Å². The quantitative estimate of drug-likeness (QED) is 0.752. The van der Waals surface area contributed by atoms with E-state index in [4.69, 9.17) is 4.74 Å². The van der Waals surface area contributed by atoms with Crippen molar-refractivity contribution in [2.24, 2.45) is 0 Å². The van der Waals surface area contributed by atoms with Gasteiger partial charge < -0.3 is 20.5 Å². The summed E-state index contributed by atoms with van der Waals surface area (Å²) in [7, 11) is 0. The number of rotatable bonds is 6. The molecule has 23 heavy (non-hydrogen) atoms. The summed E-state index contributed by atoms with van der Waals surface area (Å²) in [6, 6.07) is 10.7. The first-order valence-electron chi connectivity index (χ1n) is 8.26. The Morgan fingerprint density at radius 3 is 2.48 bits per heavy atom. The Morgan fingerprint density at radius 2 is 1.91 bits per heavy atom. The summed E-state index contributed by atoms with van der Waals surface area (Å²) < 4.78 is 5.25. The van der Waals surface area contributed by atoms with Crippen LogP contribution in [0.2, 0.25) is 0 Å². The topological polar surface area (TPSA) is 70.6 Å². The molecule has 5 heteroatoms. The molecule has 0 radical (unpaired) electrons. The van der Waals surface area contributed by atoms with Gasteiger partial charge in [-0.3, -0.25) is 0 Å². The minimum Gasteiger partial charge on any atom is -0.444 e. The van der Waals surface area contributed by atoms with Gasteiger partial charge in [0.25, 0.3) is 0 Å². The smallest absolute Gasteiger partial charge is 0.407 e. The number of amides is 1. The third kappa shape index (κ3) is 6.20. The molecular weight excluding hydrogens is 292 g/mol. The van der Waals surface area contributed by atoms with E-state index in [9.17, 15) is 9.90 Å². The summed E-state index contributed by atoms with van der Waals surface area (Å²) in [6.45, 7) is 5.67. The van der Waals surface area contributed by atoms with Crippen LogP contribution in [0.4, 0.5) is 4.79 Å². The molecule has 1 unspecified atom stereocenters. The molecule has 3 N–H and O–H groups in total. The molecule has 1 aromatic carbocycles. The minimum absolute atomic E-state index is 0.0462. The molecule has 0 aliphatic heterocycles. The van der Waals surface area contributed by atoms with Crippen molar-refractivity contribution in [3.63, 3.8) is 0 Å². The SMILES string of the molecule is CC(C)(C)OC(=O)NC1CC(NC(CO)Cc2ccccc2)C1. The first-order chi connectivity index (χ1) is 10.9. The number of hydrogen-bond donors (Lipinski definition) is 3. The third-order valence-electron chi connectivity index (χ3n) is 3.88. The number of hydrogen-bond acceptors (Lipinski definition) is 4. The van der Waals surface area contributed by atoms with E-state index in [1.54, 1.807) is 0 Å². The fourth-order valence-corrected chi connectivity index (χ4v) is 2.75. The average molecular weight is 320 g/mol. The summed E-state index contributed by atoms with van der Waals surface area (Å²) in [4.78, 5) is 11.7. The Kier molecular flexibility index (Phi) is 6.02. The van der Waals surface area contributed by atoms with Gasteiger partial charge in [-0.1, -0.05) is 30.3 Å². The number of aliphatic hydroxyl groups excluding tert-OH is 1. The largest absolute Gasteiger partial charge is 0.444 e. The molecule has 0 aromatic heterocycles. The standard InChI is InChI=1S/C18H28N2O3/c1-18(2,3)23-17(22)20-15-10-14(11-15)19-16(12-21)9-13-7-5-4-6-8-13/h4-8,14-16,19,21H,9-12H2,1-3H3,(H,20,22). The molecule has 0 bridgehead atoms. The van der Waals surface area contributed by atoms with Crippen molar-refractivity contribution >= 4 is 6.09 Å². The van der Waals surface area contributed by atoms with E-state index in [-0.39, 0.29) is 24.8 Å². The predicted molar refractivity (Wildman–Crippen MR) is 90.3 cm³/mol. The van der Waals surface area contributed by atoms with Gasteiger partial charge in [-0.25, -0.2) is 4.79 Å². The van der Waals surface area contributed by atoms with Crippen molar-refractivity contribution in [3.8, 4) is 0 Å². The second-order valence-corrected chi connectivity index (χ2v) is 7.25. The number of aliphatic hydroxyl groups is 1. The Labute approximate surface area is 138 Å². The number of carbonyl (C=O) groups is 1. The Hall–Kier alpha value is -1.59. The van der Waals surface area contributed by atoms with Crippen LogP contribution in [-0.4, -0.2) is 41.5 Å². The second-order valence-electron chi connectivity index (χ2n) is 7.25. The second kappa shape index (κ2) is 7.79. The maximum Gasteiger partial charge on any atom is 0.407 e. The highest BCUT2D eigenvalue weighted by molar-refractivity contribution is 5.68. The van der Waals surface area contributed by atoms with E-state index in [2.05, 4.69) is 22.8 Å². The molecular formula is C18H28N2O3. The van der Waals surface area contributed by atoms with Crippen molar-refractivity contribution in [3.05, 3.63) is 35.9 Å². The van der Waals surface area contributed by atoms with Crippen LogP contribution in [0.25, 0.3) is 0 Å². The van der Waals surface area contributed by atoms with Gasteiger partial charge >= 0.3 is 6.09 Å². The van der Waals surface area contributed by atoms with Crippen LogP contribution in [0, 0.1) is 0 Å². The van der Waals surface area contributed by atoms with Gasteiger partial charge in [0.05, 0.1) is 6.61 Å². The van der Waals surface area contributed by atoms with E-state index in [1.165, 1.54) is 5.56 Å². The number of alkyl carbamates (subject to hydrolysis) is 1. The van der Waals surface area contributed by atoms with Crippen molar-refractivity contribution in [2.75, 3.05) is 6.61 Å². The number of carbonyl (C=O) groups excluding carboxylic acids is 1. The lowest BCUT2D eigenvalue weighted by molar-refractivity contribution is 0.0460. The molecule has 1 amide bonds. The average Bonchev–Trinajstić information content (AvgIpc) is 2.43. The van der Waals surface area contributed by atoms with Crippen molar-refractivity contribution in [2.45, 2.75) is 63.8 Å². The van der Waals surface area contributed by atoms with E-state index in [1.807, 2.05) is 39.0 Å². The van der Waals surface area contributed by atoms with Crippen molar-refractivity contribution in [1.29, 1.82) is 0 Å². The van der Waals surface area contributed by atoms with Gasteiger partial charge in [0.15, 0.2) is 0 Å². The van der Waals surface area contributed by atoms with Crippen molar-refractivity contribution < 1.29 is 14.6 Å². The minimum atomic E-state index is -0.469. The molecule has 0 spiro atoms. The maximum absolute atomic E-state index is 11.7. The first-order valence-corrected chi connectivity index (χ1v) is 8.26. The fraction of sp³-hybridized carbons (Fsp3) is 0.611. The van der Waals surface area contributed by atoms with Gasteiger partial charge in [0, 0.05) is 18.1 Å². The molecule has 1 fully saturated rings. The van der Waals surface area contributed by atoms with Crippen LogP contribution >= 0.6 is 0 Å². The molecule has 1 aliphatic rings. The zero-order valence-electron chi connectivity index (χ0n) is 14.2. The lowest BCUT2D eigenvalue weighted by atomic mass is 9.86. The summed E-state index contributed by atoms with van der Waals surface area (Å²) in [6.07, 6.45) is 2.18. The maximum atomic E-state index is 11.7. The zero-order valence-corrected chi connectivity index (χ0v) is 14.2. The molecule has 1 aliphatic carbocycles. The Bertz CT molecular complexity index is 493.